The molecule has 0 aromatic heterocycles. The molecule has 3 rings (SSSR count). The summed E-state index contributed by atoms with van der Waals surface area (Å²) < 4.78 is 6.49. The second-order valence-electron chi connectivity index (χ2n) is 9.31. The predicted octanol–water partition coefficient (Wildman–Crippen LogP) is 6.27. The Hall–Kier alpha value is -0.130. The number of benzene rings is 1. The molecule has 5 heteroatoms. The minimum absolute atomic E-state index is 0.781. The van der Waals surface area contributed by atoms with Gasteiger partial charge in [-0.1, -0.05) is 34.5 Å². The SMILES string of the molecule is CCN(CCOC)C1CCC(CCN2CCC(Cc3cc(Cl)ccc3Br)CC2)CC1. The molecule has 1 aromatic carbocycles. The lowest BCUT2D eigenvalue weighted by Gasteiger charge is -2.37. The summed E-state index contributed by atoms with van der Waals surface area (Å²) in [5, 5.41) is 0.848. The first-order valence-electron chi connectivity index (χ1n) is 12.0. The molecule has 0 N–H and O–H groups in total. The van der Waals surface area contributed by atoms with Gasteiger partial charge in [-0.2, -0.15) is 0 Å². The Morgan fingerprint density at radius 3 is 2.50 bits per heavy atom. The number of hydrogen-bond donors (Lipinski definition) is 0. The summed E-state index contributed by atoms with van der Waals surface area (Å²) >= 11 is 9.88. The van der Waals surface area contributed by atoms with Crippen LogP contribution in [0.3, 0.4) is 0 Å². The second-order valence-corrected chi connectivity index (χ2v) is 10.6. The van der Waals surface area contributed by atoms with Crippen molar-refractivity contribution < 1.29 is 4.74 Å². The zero-order chi connectivity index (χ0) is 21.3. The van der Waals surface area contributed by atoms with E-state index >= 15 is 0 Å². The number of halogens is 2. The summed E-state index contributed by atoms with van der Waals surface area (Å²) in [7, 11) is 1.81. The Kier molecular flexibility index (Phi) is 10.5. The van der Waals surface area contributed by atoms with Crippen molar-refractivity contribution in [2.24, 2.45) is 11.8 Å². The molecule has 30 heavy (non-hydrogen) atoms. The maximum absolute atomic E-state index is 6.19. The first-order valence-corrected chi connectivity index (χ1v) is 13.1. The topological polar surface area (TPSA) is 15.7 Å². The van der Waals surface area contributed by atoms with E-state index in [9.17, 15) is 0 Å². The minimum Gasteiger partial charge on any atom is -0.383 e. The van der Waals surface area contributed by atoms with Gasteiger partial charge in [0.1, 0.15) is 0 Å². The van der Waals surface area contributed by atoms with Crippen molar-refractivity contribution in [1.29, 1.82) is 0 Å². The van der Waals surface area contributed by atoms with E-state index in [2.05, 4.69) is 44.8 Å². The smallest absolute Gasteiger partial charge is 0.0589 e. The van der Waals surface area contributed by atoms with E-state index in [0.29, 0.717) is 0 Å². The zero-order valence-electron chi connectivity index (χ0n) is 18.9. The van der Waals surface area contributed by atoms with Gasteiger partial charge in [0.15, 0.2) is 0 Å². The fourth-order valence-corrected chi connectivity index (χ4v) is 6.00. The van der Waals surface area contributed by atoms with Gasteiger partial charge >= 0.3 is 0 Å². The van der Waals surface area contributed by atoms with Gasteiger partial charge in [-0.25, -0.2) is 0 Å². The zero-order valence-corrected chi connectivity index (χ0v) is 21.3. The van der Waals surface area contributed by atoms with Crippen molar-refractivity contribution >= 4 is 27.5 Å². The Morgan fingerprint density at radius 1 is 1.10 bits per heavy atom. The number of nitrogens with zero attached hydrogens (tertiary/aromatic N) is 2. The third-order valence-electron chi connectivity index (χ3n) is 7.40. The standard InChI is InChI=1S/C25H40BrClN2O/c1-3-29(16-17-30-2)24-7-4-20(5-8-24)10-13-28-14-11-21(12-15-28)18-22-19-23(27)6-9-25(22)26/h6,9,19-21,24H,3-5,7-8,10-18H2,1-2H3. The third-order valence-corrected chi connectivity index (χ3v) is 8.41. The molecule has 2 fully saturated rings. The Bertz CT molecular complexity index is 628. The molecule has 0 atom stereocenters. The monoisotopic (exact) mass is 498 g/mol. The molecule has 170 valence electrons. The van der Waals surface area contributed by atoms with Gasteiger partial charge in [-0.3, -0.25) is 4.90 Å². The summed E-state index contributed by atoms with van der Waals surface area (Å²) in [5.41, 5.74) is 1.37. The lowest BCUT2D eigenvalue weighted by molar-refractivity contribution is 0.0924. The van der Waals surface area contributed by atoms with Crippen molar-refractivity contribution in [2.75, 3.05) is 46.4 Å². The number of piperidine rings is 1. The van der Waals surface area contributed by atoms with Crippen LogP contribution in [0.1, 0.15) is 57.4 Å². The number of methoxy groups -OCH3 is 1. The van der Waals surface area contributed by atoms with Crippen molar-refractivity contribution in [2.45, 2.75) is 64.3 Å². The van der Waals surface area contributed by atoms with Gasteiger partial charge < -0.3 is 9.64 Å². The average molecular weight is 500 g/mol. The molecule has 0 unspecified atom stereocenters. The molecular formula is C25H40BrClN2O. The van der Waals surface area contributed by atoms with Crippen LogP contribution in [0.25, 0.3) is 0 Å². The first-order chi connectivity index (χ1) is 14.6. The van der Waals surface area contributed by atoms with Crippen LogP contribution in [-0.2, 0) is 11.2 Å². The van der Waals surface area contributed by atoms with E-state index in [1.807, 2.05) is 13.2 Å². The molecule has 3 nitrogen and oxygen atoms in total. The summed E-state index contributed by atoms with van der Waals surface area (Å²) in [6, 6.07) is 6.95. The Labute approximate surface area is 197 Å². The van der Waals surface area contributed by atoms with Crippen LogP contribution in [0.5, 0.6) is 0 Å². The summed E-state index contributed by atoms with van der Waals surface area (Å²) in [6.07, 6.45) is 10.7. The highest BCUT2D eigenvalue weighted by Crippen LogP contribution is 2.31. The normalized spacial score (nSPS) is 23.9. The van der Waals surface area contributed by atoms with Crippen LogP contribution < -0.4 is 0 Å². The van der Waals surface area contributed by atoms with Crippen LogP contribution >= 0.6 is 27.5 Å². The maximum Gasteiger partial charge on any atom is 0.0589 e. The fraction of sp³-hybridized carbons (Fsp3) is 0.760. The van der Waals surface area contributed by atoms with Gasteiger partial charge in [-0.05, 0) is 113 Å². The molecule has 1 saturated heterocycles. The molecule has 0 amide bonds. The van der Waals surface area contributed by atoms with E-state index in [1.54, 1.807) is 0 Å². The third kappa shape index (κ3) is 7.48. The molecule has 2 aliphatic rings. The van der Waals surface area contributed by atoms with E-state index in [0.717, 1.165) is 49.0 Å². The van der Waals surface area contributed by atoms with Crippen LogP contribution in [-0.4, -0.2) is 62.3 Å². The van der Waals surface area contributed by atoms with E-state index in [-0.39, 0.29) is 0 Å². The number of ether oxygens (including phenoxy) is 1. The van der Waals surface area contributed by atoms with E-state index in [4.69, 9.17) is 16.3 Å². The van der Waals surface area contributed by atoms with Crippen LogP contribution in [0.4, 0.5) is 0 Å². The molecule has 0 spiro atoms. The molecule has 0 bridgehead atoms. The molecular weight excluding hydrogens is 460 g/mol. The lowest BCUT2D eigenvalue weighted by Crippen LogP contribution is -2.40. The average Bonchev–Trinajstić information content (AvgIpc) is 2.77. The summed E-state index contributed by atoms with van der Waals surface area (Å²) in [6.45, 7) is 9.21. The number of rotatable bonds is 10. The Morgan fingerprint density at radius 2 is 1.83 bits per heavy atom. The fourth-order valence-electron chi connectivity index (χ4n) is 5.40. The van der Waals surface area contributed by atoms with Gasteiger partial charge in [0.05, 0.1) is 6.61 Å². The molecule has 1 aliphatic heterocycles. The van der Waals surface area contributed by atoms with Crippen LogP contribution in [0, 0.1) is 11.8 Å². The molecule has 1 saturated carbocycles. The van der Waals surface area contributed by atoms with Crippen molar-refractivity contribution in [1.82, 2.24) is 9.80 Å². The number of likely N-dealkylation sites (tertiary alicyclic amines) is 1. The molecule has 1 aromatic rings. The van der Waals surface area contributed by atoms with E-state index < -0.39 is 0 Å². The predicted molar refractivity (Wildman–Crippen MR) is 132 cm³/mol. The highest BCUT2D eigenvalue weighted by molar-refractivity contribution is 9.10. The van der Waals surface area contributed by atoms with Gasteiger partial charge in [0, 0.05) is 29.2 Å². The minimum atomic E-state index is 0.781. The second kappa shape index (κ2) is 12.8. The van der Waals surface area contributed by atoms with Gasteiger partial charge in [-0.15, -0.1) is 0 Å². The highest BCUT2D eigenvalue weighted by atomic mass is 79.9. The molecule has 1 aliphatic carbocycles. The van der Waals surface area contributed by atoms with E-state index in [1.165, 1.54) is 74.6 Å². The molecule has 1 heterocycles. The largest absolute Gasteiger partial charge is 0.383 e. The highest BCUT2D eigenvalue weighted by Gasteiger charge is 2.26. The van der Waals surface area contributed by atoms with Crippen LogP contribution in [0.15, 0.2) is 22.7 Å². The van der Waals surface area contributed by atoms with Crippen molar-refractivity contribution in [3.8, 4) is 0 Å². The number of hydrogen-bond acceptors (Lipinski definition) is 3. The van der Waals surface area contributed by atoms with Gasteiger partial charge in [0.25, 0.3) is 0 Å². The number of likely N-dealkylation sites (N-methyl/N-ethyl adjacent to an activating group) is 1. The summed E-state index contributed by atoms with van der Waals surface area (Å²) in [4.78, 5) is 5.34. The molecule has 0 radical (unpaired) electrons. The maximum atomic E-state index is 6.19. The lowest BCUT2D eigenvalue weighted by atomic mass is 9.83. The van der Waals surface area contributed by atoms with Crippen molar-refractivity contribution in [3.63, 3.8) is 0 Å². The Balaban J connectivity index is 1.33. The van der Waals surface area contributed by atoms with Gasteiger partial charge in [0.2, 0.25) is 0 Å². The summed E-state index contributed by atoms with van der Waals surface area (Å²) in [5.74, 6) is 1.72. The first kappa shape index (κ1) is 24.5. The van der Waals surface area contributed by atoms with Crippen molar-refractivity contribution in [3.05, 3.63) is 33.3 Å². The van der Waals surface area contributed by atoms with Crippen LogP contribution in [0.2, 0.25) is 5.02 Å². The quantitative estimate of drug-likeness (QED) is 0.377.